The van der Waals surface area contributed by atoms with Gasteiger partial charge in [-0.3, -0.25) is 0 Å². The first-order chi connectivity index (χ1) is 4.09. The predicted octanol–water partition coefficient (Wildman–Crippen LogP) is -2.88. The number of rotatable bonds is 3. The fourth-order valence-corrected chi connectivity index (χ4v) is 0.442. The van der Waals surface area contributed by atoms with Gasteiger partial charge in [-0.25, -0.2) is 0 Å². The van der Waals surface area contributed by atoms with Crippen molar-refractivity contribution in [2.75, 3.05) is 0 Å². The monoisotopic (exact) mass is 133 g/mol. The molecular weight excluding hydrogens is 122 g/mol. The minimum Gasteiger partial charge on any atom is -0.544 e. The Morgan fingerprint density at radius 3 is 2.44 bits per heavy atom. The van der Waals surface area contributed by atoms with Crippen molar-refractivity contribution >= 4 is 5.97 Å². The van der Waals surface area contributed by atoms with E-state index in [1.165, 1.54) is 0 Å². The standard InChI is InChI=1S/C5H11NO3/c1-2-3(7)4(6)5(8)9/h3-4,7H,2,6H2,1H3,(H,8,9)/t3-,4+/m1/s1. The van der Waals surface area contributed by atoms with Crippen molar-refractivity contribution < 1.29 is 20.7 Å². The molecular formula is C5H11NO3. The molecule has 54 valence electrons. The zero-order valence-electron chi connectivity index (χ0n) is 5.33. The molecule has 0 bridgehead atoms. The van der Waals surface area contributed by atoms with E-state index >= 15 is 0 Å². The van der Waals surface area contributed by atoms with Gasteiger partial charge in [0, 0.05) is 0 Å². The molecule has 4 N–H and O–H groups in total. The Balaban J connectivity index is 3.72. The fraction of sp³-hybridized carbons (Fsp3) is 0.800. The van der Waals surface area contributed by atoms with Crippen LogP contribution in [0.5, 0.6) is 0 Å². The van der Waals surface area contributed by atoms with Crippen LogP contribution in [0.2, 0.25) is 0 Å². The average Bonchev–Trinajstić information content (AvgIpc) is 1.84. The summed E-state index contributed by atoms with van der Waals surface area (Å²) in [6, 6.07) is -1.00. The van der Waals surface area contributed by atoms with Gasteiger partial charge in [-0.05, 0) is 6.42 Å². The van der Waals surface area contributed by atoms with Gasteiger partial charge < -0.3 is 20.7 Å². The minimum absolute atomic E-state index is 0.391. The Labute approximate surface area is 53.3 Å². The molecule has 0 unspecified atom stereocenters. The number of hydrogen-bond donors (Lipinski definition) is 2. The molecule has 0 heterocycles. The van der Waals surface area contributed by atoms with Crippen LogP contribution in [0.4, 0.5) is 0 Å². The summed E-state index contributed by atoms with van der Waals surface area (Å²) in [6.07, 6.45) is -0.489. The number of quaternary nitrogens is 1. The van der Waals surface area contributed by atoms with Crippen LogP contribution in [0.1, 0.15) is 13.3 Å². The number of carbonyl (C=O) groups is 1. The second kappa shape index (κ2) is 3.42. The number of hydrogen-bond acceptors (Lipinski definition) is 3. The summed E-state index contributed by atoms with van der Waals surface area (Å²) in [7, 11) is 0. The van der Waals surface area contributed by atoms with E-state index in [4.69, 9.17) is 5.11 Å². The topological polar surface area (TPSA) is 88.0 Å². The highest BCUT2D eigenvalue weighted by Gasteiger charge is 2.16. The Morgan fingerprint density at radius 2 is 2.33 bits per heavy atom. The smallest absolute Gasteiger partial charge is 0.151 e. The van der Waals surface area contributed by atoms with Crippen LogP contribution in [0.15, 0.2) is 0 Å². The van der Waals surface area contributed by atoms with Crippen LogP contribution in [0.3, 0.4) is 0 Å². The van der Waals surface area contributed by atoms with Crippen molar-refractivity contribution in [1.82, 2.24) is 0 Å². The molecule has 0 aliphatic carbocycles. The van der Waals surface area contributed by atoms with Crippen LogP contribution >= 0.6 is 0 Å². The summed E-state index contributed by atoms with van der Waals surface area (Å²) < 4.78 is 0. The number of carboxylic acids is 1. The van der Waals surface area contributed by atoms with Crippen molar-refractivity contribution in [2.45, 2.75) is 25.5 Å². The SMILES string of the molecule is CC[C@@H](O)[C@H]([NH3+])C(=O)[O-]. The second-order valence-electron chi connectivity index (χ2n) is 1.90. The number of carbonyl (C=O) groups excluding carboxylic acids is 1. The lowest BCUT2D eigenvalue weighted by Crippen LogP contribution is -2.73. The molecule has 0 saturated heterocycles. The van der Waals surface area contributed by atoms with Gasteiger partial charge in [0.15, 0.2) is 6.04 Å². The summed E-state index contributed by atoms with van der Waals surface area (Å²) in [5.41, 5.74) is 3.20. The summed E-state index contributed by atoms with van der Waals surface area (Å²) in [4.78, 5) is 9.97. The van der Waals surface area contributed by atoms with Gasteiger partial charge in [0.2, 0.25) is 0 Å². The Kier molecular flexibility index (Phi) is 3.19. The fourth-order valence-electron chi connectivity index (χ4n) is 0.442. The van der Waals surface area contributed by atoms with Gasteiger partial charge in [-0.2, -0.15) is 0 Å². The van der Waals surface area contributed by atoms with Gasteiger partial charge in [0.1, 0.15) is 12.1 Å². The molecule has 4 nitrogen and oxygen atoms in total. The van der Waals surface area contributed by atoms with Crippen molar-refractivity contribution in [1.29, 1.82) is 0 Å². The molecule has 0 radical (unpaired) electrons. The first-order valence-corrected chi connectivity index (χ1v) is 2.81. The van der Waals surface area contributed by atoms with Crippen molar-refractivity contribution in [3.8, 4) is 0 Å². The van der Waals surface area contributed by atoms with E-state index < -0.39 is 18.1 Å². The number of aliphatic carboxylic acids is 1. The molecule has 0 aliphatic rings. The summed E-state index contributed by atoms with van der Waals surface area (Å²) in [5.74, 6) is -1.30. The molecule has 0 amide bonds. The number of aliphatic hydroxyl groups excluding tert-OH is 1. The van der Waals surface area contributed by atoms with Crippen LogP contribution in [-0.2, 0) is 4.79 Å². The Morgan fingerprint density at radius 1 is 1.89 bits per heavy atom. The summed E-state index contributed by atoms with van der Waals surface area (Å²) >= 11 is 0. The van der Waals surface area contributed by atoms with E-state index in [9.17, 15) is 9.90 Å². The molecule has 0 aromatic heterocycles. The molecule has 0 aromatic rings. The second-order valence-corrected chi connectivity index (χ2v) is 1.90. The molecule has 0 fully saturated rings. The van der Waals surface area contributed by atoms with E-state index in [2.05, 4.69) is 5.73 Å². The number of aliphatic hydroxyl groups is 1. The maximum atomic E-state index is 9.97. The van der Waals surface area contributed by atoms with E-state index in [-0.39, 0.29) is 0 Å². The van der Waals surface area contributed by atoms with Crippen LogP contribution in [0.25, 0.3) is 0 Å². The highest BCUT2D eigenvalue weighted by atomic mass is 16.4. The van der Waals surface area contributed by atoms with Crippen LogP contribution in [0, 0.1) is 0 Å². The predicted molar refractivity (Wildman–Crippen MR) is 28.0 cm³/mol. The molecule has 0 spiro atoms. The normalized spacial score (nSPS) is 16.8. The van der Waals surface area contributed by atoms with Crippen molar-refractivity contribution in [3.05, 3.63) is 0 Å². The van der Waals surface area contributed by atoms with Crippen molar-refractivity contribution in [2.24, 2.45) is 0 Å². The quantitative estimate of drug-likeness (QED) is 0.433. The van der Waals surface area contributed by atoms with Gasteiger partial charge in [0.25, 0.3) is 0 Å². The van der Waals surface area contributed by atoms with Gasteiger partial charge in [-0.1, -0.05) is 6.92 Å². The van der Waals surface area contributed by atoms with Gasteiger partial charge in [-0.15, -0.1) is 0 Å². The lowest BCUT2D eigenvalue weighted by atomic mass is 10.1. The lowest BCUT2D eigenvalue weighted by molar-refractivity contribution is -0.451. The molecule has 0 saturated carbocycles. The highest BCUT2D eigenvalue weighted by Crippen LogP contribution is 1.91. The van der Waals surface area contributed by atoms with E-state index in [1.54, 1.807) is 6.92 Å². The average molecular weight is 133 g/mol. The first kappa shape index (κ1) is 8.39. The molecule has 0 rings (SSSR count). The third-order valence-electron chi connectivity index (χ3n) is 1.19. The largest absolute Gasteiger partial charge is 0.544 e. The third kappa shape index (κ3) is 2.43. The van der Waals surface area contributed by atoms with Crippen LogP contribution in [-0.4, -0.2) is 23.2 Å². The maximum absolute atomic E-state index is 9.97. The molecule has 4 heteroatoms. The summed E-state index contributed by atoms with van der Waals surface area (Å²) in [6.45, 7) is 1.69. The molecule has 9 heavy (non-hydrogen) atoms. The highest BCUT2D eigenvalue weighted by molar-refractivity contribution is 5.69. The molecule has 2 atom stereocenters. The number of carboxylic acid groups (broad SMARTS) is 1. The lowest BCUT2D eigenvalue weighted by Gasteiger charge is -2.13. The maximum Gasteiger partial charge on any atom is 0.151 e. The molecule has 0 aromatic carbocycles. The molecule has 0 aliphatic heterocycles. The Bertz CT molecular complexity index is 104. The third-order valence-corrected chi connectivity index (χ3v) is 1.19. The van der Waals surface area contributed by atoms with Gasteiger partial charge in [0.05, 0.1) is 0 Å². The first-order valence-electron chi connectivity index (χ1n) is 2.81. The van der Waals surface area contributed by atoms with Crippen LogP contribution < -0.4 is 10.8 Å². The van der Waals surface area contributed by atoms with E-state index in [0.717, 1.165) is 0 Å². The van der Waals surface area contributed by atoms with Crippen molar-refractivity contribution in [3.63, 3.8) is 0 Å². The summed E-state index contributed by atoms with van der Waals surface area (Å²) in [5, 5.41) is 18.8. The minimum atomic E-state index is -1.30. The van der Waals surface area contributed by atoms with E-state index in [1.807, 2.05) is 0 Å². The van der Waals surface area contributed by atoms with E-state index in [0.29, 0.717) is 6.42 Å². The zero-order chi connectivity index (χ0) is 7.44. The zero-order valence-corrected chi connectivity index (χ0v) is 5.33. The Hall–Kier alpha value is -0.610. The van der Waals surface area contributed by atoms with Gasteiger partial charge >= 0.3 is 0 Å².